The Bertz CT molecular complexity index is 207. The molecule has 0 fully saturated rings. The van der Waals surface area contributed by atoms with E-state index in [0.717, 1.165) is 6.42 Å². The summed E-state index contributed by atoms with van der Waals surface area (Å²) in [4.78, 5) is 11.1. The first kappa shape index (κ1) is 14.5. The minimum Gasteiger partial charge on any atom is -0.353 e. The minimum atomic E-state index is 0.0771. The van der Waals surface area contributed by atoms with E-state index in [1.54, 1.807) is 6.92 Å². The van der Waals surface area contributed by atoms with Crippen LogP contribution in [0.5, 0.6) is 0 Å². The van der Waals surface area contributed by atoms with Crippen molar-refractivity contribution in [1.29, 1.82) is 0 Å². The Morgan fingerprint density at radius 1 is 1.20 bits per heavy atom. The topological polar surface area (TPSA) is 29.1 Å². The van der Waals surface area contributed by atoms with Crippen molar-refractivity contribution in [3.63, 3.8) is 0 Å². The van der Waals surface area contributed by atoms with Crippen LogP contribution in [0, 0.1) is 17.3 Å². The third kappa shape index (κ3) is 5.19. The fraction of sp³-hybridized carbons (Fsp3) is 0.923. The standard InChI is InChI=1S/C13H27NO/c1-9(2)12(14-11(5)15)8-13(6,7)10(3)4/h9-10,12H,8H2,1-7H3,(H,14,15). The Morgan fingerprint density at radius 2 is 1.67 bits per heavy atom. The van der Waals surface area contributed by atoms with Crippen molar-refractivity contribution in [3.05, 3.63) is 0 Å². The zero-order chi connectivity index (χ0) is 12.2. The highest BCUT2D eigenvalue weighted by molar-refractivity contribution is 5.73. The van der Waals surface area contributed by atoms with E-state index in [9.17, 15) is 4.79 Å². The Morgan fingerprint density at radius 3 is 1.93 bits per heavy atom. The second kappa shape index (κ2) is 5.53. The molecule has 2 nitrogen and oxygen atoms in total. The van der Waals surface area contributed by atoms with Crippen LogP contribution in [-0.2, 0) is 4.79 Å². The van der Waals surface area contributed by atoms with Gasteiger partial charge < -0.3 is 5.32 Å². The van der Waals surface area contributed by atoms with E-state index in [2.05, 4.69) is 46.9 Å². The van der Waals surface area contributed by atoms with Crippen LogP contribution in [0.4, 0.5) is 0 Å². The molecule has 0 rings (SSSR count). The number of rotatable bonds is 5. The SMILES string of the molecule is CC(=O)NC(CC(C)(C)C(C)C)C(C)C. The van der Waals surface area contributed by atoms with Crippen LogP contribution >= 0.6 is 0 Å². The molecule has 0 aliphatic heterocycles. The van der Waals surface area contributed by atoms with Gasteiger partial charge in [0, 0.05) is 13.0 Å². The van der Waals surface area contributed by atoms with Gasteiger partial charge in [0.15, 0.2) is 0 Å². The average molecular weight is 213 g/mol. The maximum absolute atomic E-state index is 11.1. The van der Waals surface area contributed by atoms with Crippen molar-refractivity contribution in [2.45, 2.75) is 60.9 Å². The van der Waals surface area contributed by atoms with Crippen molar-refractivity contribution in [2.75, 3.05) is 0 Å². The van der Waals surface area contributed by atoms with Gasteiger partial charge in [0.1, 0.15) is 0 Å². The molecule has 1 unspecified atom stereocenters. The first-order valence-electron chi connectivity index (χ1n) is 5.94. The van der Waals surface area contributed by atoms with Gasteiger partial charge in [-0.2, -0.15) is 0 Å². The summed E-state index contributed by atoms with van der Waals surface area (Å²) in [6.07, 6.45) is 1.04. The monoisotopic (exact) mass is 213 g/mol. The van der Waals surface area contributed by atoms with Crippen molar-refractivity contribution in [1.82, 2.24) is 5.32 Å². The smallest absolute Gasteiger partial charge is 0.217 e. The van der Waals surface area contributed by atoms with E-state index in [1.165, 1.54) is 0 Å². The molecule has 0 spiro atoms. The van der Waals surface area contributed by atoms with Gasteiger partial charge in [-0.25, -0.2) is 0 Å². The molecular weight excluding hydrogens is 186 g/mol. The average Bonchev–Trinajstić information content (AvgIpc) is 2.01. The molecule has 0 aliphatic rings. The van der Waals surface area contributed by atoms with Crippen molar-refractivity contribution in [2.24, 2.45) is 17.3 Å². The van der Waals surface area contributed by atoms with E-state index >= 15 is 0 Å². The first-order valence-corrected chi connectivity index (χ1v) is 5.94. The summed E-state index contributed by atoms with van der Waals surface area (Å²) in [5.74, 6) is 1.20. The normalized spacial score (nSPS) is 14.5. The molecule has 0 radical (unpaired) electrons. The van der Waals surface area contributed by atoms with Crippen LogP contribution < -0.4 is 5.32 Å². The summed E-state index contributed by atoms with van der Waals surface area (Å²) >= 11 is 0. The van der Waals surface area contributed by atoms with Crippen LogP contribution in [0.25, 0.3) is 0 Å². The van der Waals surface area contributed by atoms with E-state index in [4.69, 9.17) is 0 Å². The Balaban J connectivity index is 4.47. The molecule has 0 heterocycles. The van der Waals surface area contributed by atoms with Gasteiger partial charge in [-0.3, -0.25) is 4.79 Å². The number of amides is 1. The molecule has 0 bridgehead atoms. The van der Waals surface area contributed by atoms with Crippen LogP contribution in [0.2, 0.25) is 0 Å². The molecule has 0 aliphatic carbocycles. The lowest BCUT2D eigenvalue weighted by Crippen LogP contribution is -2.41. The van der Waals surface area contributed by atoms with Crippen molar-refractivity contribution in [3.8, 4) is 0 Å². The summed E-state index contributed by atoms with van der Waals surface area (Å²) in [5, 5.41) is 3.05. The van der Waals surface area contributed by atoms with Crippen LogP contribution in [-0.4, -0.2) is 11.9 Å². The fourth-order valence-corrected chi connectivity index (χ4v) is 1.52. The van der Waals surface area contributed by atoms with E-state index in [-0.39, 0.29) is 11.3 Å². The maximum atomic E-state index is 11.1. The molecule has 0 aromatic rings. The largest absolute Gasteiger partial charge is 0.353 e. The molecule has 1 amide bonds. The van der Waals surface area contributed by atoms with E-state index < -0.39 is 0 Å². The fourth-order valence-electron chi connectivity index (χ4n) is 1.52. The van der Waals surface area contributed by atoms with Gasteiger partial charge in [0.2, 0.25) is 5.91 Å². The van der Waals surface area contributed by atoms with E-state index in [1.807, 2.05) is 0 Å². The molecular formula is C13H27NO. The number of hydrogen-bond acceptors (Lipinski definition) is 1. The number of hydrogen-bond donors (Lipinski definition) is 1. The molecule has 15 heavy (non-hydrogen) atoms. The second-order valence-corrected chi connectivity index (χ2v) is 5.90. The molecule has 0 saturated heterocycles. The quantitative estimate of drug-likeness (QED) is 0.746. The first-order chi connectivity index (χ1) is 6.66. The maximum Gasteiger partial charge on any atom is 0.217 e. The van der Waals surface area contributed by atoms with Gasteiger partial charge in [-0.1, -0.05) is 41.5 Å². The summed E-state index contributed by atoms with van der Waals surface area (Å²) in [5.41, 5.74) is 0.275. The predicted octanol–water partition coefficient (Wildman–Crippen LogP) is 3.22. The number of nitrogens with one attached hydrogen (secondary N) is 1. The van der Waals surface area contributed by atoms with Gasteiger partial charge >= 0.3 is 0 Å². The Kier molecular flexibility index (Phi) is 5.33. The molecule has 1 N–H and O–H groups in total. The highest BCUT2D eigenvalue weighted by Crippen LogP contribution is 2.32. The lowest BCUT2D eigenvalue weighted by atomic mass is 9.74. The summed E-state index contributed by atoms with van der Waals surface area (Å²) in [7, 11) is 0. The van der Waals surface area contributed by atoms with Gasteiger partial charge in [0.05, 0.1) is 0 Å². The van der Waals surface area contributed by atoms with E-state index in [0.29, 0.717) is 17.9 Å². The zero-order valence-corrected chi connectivity index (χ0v) is 11.3. The molecule has 0 saturated carbocycles. The molecule has 90 valence electrons. The number of carbonyl (C=O) groups is 1. The molecule has 2 heteroatoms. The zero-order valence-electron chi connectivity index (χ0n) is 11.3. The highest BCUT2D eigenvalue weighted by atomic mass is 16.1. The van der Waals surface area contributed by atoms with Crippen molar-refractivity contribution >= 4 is 5.91 Å². The molecule has 0 aromatic heterocycles. The molecule has 1 atom stereocenters. The Labute approximate surface area is 94.8 Å². The van der Waals surface area contributed by atoms with Crippen LogP contribution in [0.3, 0.4) is 0 Å². The van der Waals surface area contributed by atoms with Gasteiger partial charge in [-0.05, 0) is 23.7 Å². The van der Waals surface area contributed by atoms with Gasteiger partial charge in [0.25, 0.3) is 0 Å². The summed E-state index contributed by atoms with van der Waals surface area (Å²) in [6, 6.07) is 0.292. The second-order valence-electron chi connectivity index (χ2n) is 5.90. The minimum absolute atomic E-state index is 0.0771. The highest BCUT2D eigenvalue weighted by Gasteiger charge is 2.28. The third-order valence-electron chi connectivity index (χ3n) is 3.50. The summed E-state index contributed by atoms with van der Waals surface area (Å²) < 4.78 is 0. The number of carbonyl (C=O) groups excluding carboxylic acids is 1. The molecule has 0 aromatic carbocycles. The Hall–Kier alpha value is -0.530. The van der Waals surface area contributed by atoms with Crippen molar-refractivity contribution < 1.29 is 4.79 Å². The van der Waals surface area contributed by atoms with Gasteiger partial charge in [-0.15, -0.1) is 0 Å². The lowest BCUT2D eigenvalue weighted by Gasteiger charge is -2.35. The van der Waals surface area contributed by atoms with Crippen LogP contribution in [0.15, 0.2) is 0 Å². The summed E-state index contributed by atoms with van der Waals surface area (Å²) in [6.45, 7) is 15.0. The third-order valence-corrected chi connectivity index (χ3v) is 3.50. The lowest BCUT2D eigenvalue weighted by molar-refractivity contribution is -0.120. The van der Waals surface area contributed by atoms with Crippen LogP contribution in [0.1, 0.15) is 54.9 Å². The predicted molar refractivity (Wildman–Crippen MR) is 65.7 cm³/mol.